The summed E-state index contributed by atoms with van der Waals surface area (Å²) in [4.78, 5) is 28.9. The number of hydrogen-bond acceptors (Lipinski definition) is 19. The summed E-state index contributed by atoms with van der Waals surface area (Å²) in [5.74, 6) is -4.70. The zero-order valence-corrected chi connectivity index (χ0v) is 43.8. The first-order chi connectivity index (χ1) is 26.8. The number of nitrogens with one attached hydrogen (secondary N) is 3. The molecule has 0 unspecified atom stereocenters. The first-order valence-electron chi connectivity index (χ1n) is 15.1. The summed E-state index contributed by atoms with van der Waals surface area (Å²) in [6, 6.07) is 10.1. The molecule has 4 aromatic carbocycles. The molecule has 1 heterocycles. The summed E-state index contributed by atoms with van der Waals surface area (Å²) in [6.07, 6.45) is -1.09. The predicted molar refractivity (Wildman–Crippen MR) is 192 cm³/mol. The second-order valence-corrected chi connectivity index (χ2v) is 17.3. The van der Waals surface area contributed by atoms with Gasteiger partial charge in [0.15, 0.2) is 5.82 Å². The van der Waals surface area contributed by atoms with Crippen LogP contribution in [-0.2, 0) is 40.5 Å². The van der Waals surface area contributed by atoms with Crippen LogP contribution in [0.4, 0.5) is 31.7 Å². The fraction of sp³-hybridized carbons (Fsp3) is 0. The number of hydrazone groups is 1. The molecule has 0 saturated heterocycles. The van der Waals surface area contributed by atoms with Crippen molar-refractivity contribution in [2.24, 2.45) is 5.10 Å². The number of carbonyl (C=O) groups is 2. The fourth-order valence-electron chi connectivity index (χ4n) is 5.52. The van der Waals surface area contributed by atoms with Crippen molar-refractivity contribution in [3.63, 3.8) is 0 Å². The van der Waals surface area contributed by atoms with Gasteiger partial charge in [0.1, 0.15) is 51.2 Å². The third-order valence-corrected chi connectivity index (χ3v) is 11.7. The van der Waals surface area contributed by atoms with Gasteiger partial charge in [0, 0.05) is 22.0 Å². The van der Waals surface area contributed by atoms with E-state index in [0.717, 1.165) is 42.5 Å². The molecular formula is C31H15ClF2N6Na4O14S4. The number of benzene rings is 4. The molecule has 0 radical (unpaired) electrons. The summed E-state index contributed by atoms with van der Waals surface area (Å²) in [7, 11) is -22.1. The molecule has 1 aliphatic rings. The number of halogens is 3. The minimum absolute atomic E-state index is 0. The van der Waals surface area contributed by atoms with E-state index in [2.05, 4.69) is 25.7 Å². The third kappa shape index (κ3) is 12.3. The Labute approximate surface area is 442 Å². The van der Waals surface area contributed by atoms with Gasteiger partial charge in [0.05, 0.1) is 36.5 Å². The van der Waals surface area contributed by atoms with Crippen molar-refractivity contribution in [1.29, 1.82) is 0 Å². The Balaban J connectivity index is 0.00000331. The van der Waals surface area contributed by atoms with Crippen molar-refractivity contribution in [2.45, 2.75) is 14.7 Å². The van der Waals surface area contributed by atoms with Gasteiger partial charge < -0.3 is 28.8 Å². The van der Waals surface area contributed by atoms with Crippen LogP contribution in [0.25, 0.3) is 16.8 Å². The summed E-state index contributed by atoms with van der Waals surface area (Å²) >= 11 is 5.77. The Kier molecular flexibility index (Phi) is 19.2. The third-order valence-electron chi connectivity index (χ3n) is 7.86. The van der Waals surface area contributed by atoms with Crippen LogP contribution in [0.5, 0.6) is 0 Å². The van der Waals surface area contributed by atoms with Gasteiger partial charge in [-0.3, -0.25) is 15.0 Å². The van der Waals surface area contributed by atoms with Gasteiger partial charge in [-0.25, -0.2) is 33.7 Å². The maximum absolute atomic E-state index is 14.0. The number of Topliss-reactive ketones (excluding diaryl/α,β-unsaturated/α-hetero) is 1. The Bertz CT molecular complexity index is 3210. The largest absolute Gasteiger partial charge is 1.00 e. The van der Waals surface area contributed by atoms with Gasteiger partial charge in [-0.2, -0.15) is 23.9 Å². The molecule has 0 fully saturated rings. The molecule has 0 spiro atoms. The summed E-state index contributed by atoms with van der Waals surface area (Å²) in [5.41, 5.74) is -2.82. The number of anilines is 4. The molecular weight excluding hydrogens is 974 g/mol. The van der Waals surface area contributed by atoms with Gasteiger partial charge >= 0.3 is 124 Å². The number of carbonyl (C=O) groups excluding carboxylic acids is 2. The molecule has 1 amide bonds. The number of hydrogen-bond donors (Lipinski definition) is 3. The van der Waals surface area contributed by atoms with Crippen LogP contribution < -0.4 is 134 Å². The van der Waals surface area contributed by atoms with Gasteiger partial charge in [-0.05, 0) is 54.1 Å². The van der Waals surface area contributed by atoms with E-state index >= 15 is 0 Å². The molecule has 6 rings (SSSR count). The van der Waals surface area contributed by atoms with Crippen molar-refractivity contribution < 1.29 is 188 Å². The Morgan fingerprint density at radius 3 is 1.97 bits per heavy atom. The SMILES string of the molecule is O=C(Nc1cc(S(=O)(=O)[O-])cc2c1C(=O)/C(=N\Nc1ccc3c(S(=O)(=O)[O-])cccc3c1S(=O)(=O)[O-])C(S(=O)(=O)[O-])=C2)c1cccc(Nc2nc(F)nc(F)c2Cl)c1.[Na+].[Na+].[Na+].[Na+]. The van der Waals surface area contributed by atoms with Crippen molar-refractivity contribution in [3.05, 3.63) is 105 Å². The molecule has 0 aliphatic heterocycles. The molecule has 20 nitrogen and oxygen atoms in total. The smallest absolute Gasteiger partial charge is 0.744 e. The molecule has 0 bridgehead atoms. The molecule has 5 aromatic rings. The minimum Gasteiger partial charge on any atom is -0.744 e. The van der Waals surface area contributed by atoms with Crippen molar-refractivity contribution in [3.8, 4) is 0 Å². The molecule has 31 heteroatoms. The van der Waals surface area contributed by atoms with Gasteiger partial charge in [-0.1, -0.05) is 35.9 Å². The fourth-order valence-corrected chi connectivity index (χ4v) is 8.36. The molecule has 62 heavy (non-hydrogen) atoms. The van der Waals surface area contributed by atoms with Crippen molar-refractivity contribution in [1.82, 2.24) is 9.97 Å². The standard InChI is InChI=1S/C31H19ClF2N6O14S4.4Na/c32-24-28(33)37-31(34)38-29(24)35-15-4-1-3-13(9-15)30(42)36-20-12-16(55(43,44)45)10-14-11-22(57(49,50)51)25(26(41)23(14)20)40-39-19-8-7-17-18(27(19)58(52,53)54)5-2-6-21(17)56(46,47)48;;;;/h1-12,39H,(H,36,42)(H,35,37,38)(H,43,44,45)(H,46,47,48)(H,49,50,51)(H,52,53,54);;;;/q;4*+1/p-4/b40-25-;;;;. The van der Waals surface area contributed by atoms with Gasteiger partial charge in [0.2, 0.25) is 11.7 Å². The van der Waals surface area contributed by atoms with Gasteiger partial charge in [0.25, 0.3) is 5.91 Å². The van der Waals surface area contributed by atoms with Crippen LogP contribution in [0, 0.1) is 12.0 Å². The minimum atomic E-state index is -5.77. The van der Waals surface area contributed by atoms with Gasteiger partial charge in [-0.15, -0.1) is 0 Å². The van der Waals surface area contributed by atoms with Crippen LogP contribution >= 0.6 is 11.6 Å². The number of allylic oxidation sites excluding steroid dienone is 1. The number of fused-ring (bicyclic) bond motifs is 2. The Morgan fingerprint density at radius 2 is 1.37 bits per heavy atom. The van der Waals surface area contributed by atoms with E-state index < -0.39 is 134 Å². The quantitative estimate of drug-likeness (QED) is 0.0385. The molecule has 302 valence electrons. The number of aromatic nitrogens is 2. The number of rotatable bonds is 10. The first-order valence-corrected chi connectivity index (χ1v) is 21.1. The number of amides is 1. The van der Waals surface area contributed by atoms with Crippen LogP contribution in [0.15, 0.2) is 91.4 Å². The summed E-state index contributed by atoms with van der Waals surface area (Å²) in [6.45, 7) is 0. The monoisotopic (exact) mass is 988 g/mol. The predicted octanol–water partition coefficient (Wildman–Crippen LogP) is -9.16. The number of nitrogens with zero attached hydrogens (tertiary/aromatic N) is 3. The zero-order valence-electron chi connectivity index (χ0n) is 31.8. The molecule has 1 aliphatic carbocycles. The normalized spacial score (nSPS) is 13.3. The maximum atomic E-state index is 14.0. The second-order valence-electron chi connectivity index (χ2n) is 11.6. The van der Waals surface area contributed by atoms with E-state index in [-0.39, 0.29) is 129 Å². The number of ketones is 1. The van der Waals surface area contributed by atoms with E-state index in [4.69, 9.17) is 11.6 Å². The Hall–Kier alpha value is -1.84. The van der Waals surface area contributed by atoms with Crippen molar-refractivity contribution >= 4 is 109 Å². The topological polar surface area (TPSA) is 337 Å². The average Bonchev–Trinajstić information content (AvgIpc) is 3.10. The van der Waals surface area contributed by atoms with Crippen LogP contribution in [0.2, 0.25) is 5.02 Å². The Morgan fingerprint density at radius 1 is 0.726 bits per heavy atom. The van der Waals surface area contributed by atoms with Crippen molar-refractivity contribution in [2.75, 3.05) is 16.1 Å². The average molecular weight is 989 g/mol. The molecule has 3 N–H and O–H groups in total. The summed E-state index contributed by atoms with van der Waals surface area (Å²) < 4.78 is 174. The first kappa shape index (κ1) is 56.3. The van der Waals surface area contributed by atoms with Crippen LogP contribution in [-0.4, -0.2) is 79.3 Å². The van der Waals surface area contributed by atoms with Crippen LogP contribution in [0.1, 0.15) is 26.3 Å². The molecule has 0 saturated carbocycles. The van der Waals surface area contributed by atoms with Crippen LogP contribution in [0.3, 0.4) is 0 Å². The second kappa shape index (κ2) is 21.2. The summed E-state index contributed by atoms with van der Waals surface area (Å²) in [5, 5.41) is 6.31. The maximum Gasteiger partial charge on any atom is 1.00 e. The molecule has 0 atom stereocenters. The van der Waals surface area contributed by atoms with E-state index in [1.165, 1.54) is 12.1 Å². The van der Waals surface area contributed by atoms with E-state index in [1.807, 2.05) is 5.43 Å². The molecule has 1 aromatic heterocycles. The van der Waals surface area contributed by atoms with E-state index in [9.17, 15) is 70.3 Å². The zero-order chi connectivity index (χ0) is 42.7. The van der Waals surface area contributed by atoms with E-state index in [1.54, 1.807) is 0 Å². The van der Waals surface area contributed by atoms with E-state index in [0.29, 0.717) is 18.2 Å².